The first kappa shape index (κ1) is 12.7. The zero-order chi connectivity index (χ0) is 13.3. The van der Waals surface area contributed by atoms with Gasteiger partial charge in [0.05, 0.1) is 6.54 Å². The van der Waals surface area contributed by atoms with Crippen molar-refractivity contribution < 1.29 is 9.90 Å². The van der Waals surface area contributed by atoms with E-state index in [0.717, 1.165) is 29.7 Å². The largest absolute Gasteiger partial charge is 0.507 e. The first-order valence-electron chi connectivity index (χ1n) is 6.34. The number of allylic oxidation sites excluding steroid dienone is 1. The second-order valence-electron chi connectivity index (χ2n) is 4.77. The molecule has 1 aromatic rings. The number of fused-ring (bicyclic) bond motifs is 1. The number of phenols is 1. The fraction of sp³-hybridized carbons (Fsp3) is 0.400. The second kappa shape index (κ2) is 4.84. The van der Waals surface area contributed by atoms with Gasteiger partial charge in [0.25, 0.3) is 5.91 Å². The number of aryl methyl sites for hydroxylation is 1. The summed E-state index contributed by atoms with van der Waals surface area (Å²) in [6.07, 6.45) is 3.33. The molecule has 0 radical (unpaired) electrons. The van der Waals surface area contributed by atoms with Gasteiger partial charge in [0, 0.05) is 23.2 Å². The number of rotatable bonds is 4. The summed E-state index contributed by atoms with van der Waals surface area (Å²) in [5, 5.41) is 10.3. The summed E-state index contributed by atoms with van der Waals surface area (Å²) < 4.78 is 0. The van der Waals surface area contributed by atoms with Crippen molar-refractivity contribution in [3.63, 3.8) is 0 Å². The summed E-state index contributed by atoms with van der Waals surface area (Å²) in [4.78, 5) is 13.9. The summed E-state index contributed by atoms with van der Waals surface area (Å²) in [6, 6.07) is 1.89. The molecule has 0 aliphatic carbocycles. The molecule has 2 rings (SSSR count). The number of phenolic OH excluding ortho intramolecular Hbond substituents is 1. The molecule has 0 bridgehead atoms. The van der Waals surface area contributed by atoms with E-state index in [1.54, 1.807) is 11.0 Å². The van der Waals surface area contributed by atoms with E-state index in [1.807, 2.05) is 19.9 Å². The van der Waals surface area contributed by atoms with E-state index in [2.05, 4.69) is 6.58 Å². The maximum absolute atomic E-state index is 12.2. The van der Waals surface area contributed by atoms with Gasteiger partial charge in [-0.25, -0.2) is 0 Å². The molecule has 0 atom stereocenters. The standard InChI is InChI=1S/C15H19NO2/c1-4-6-11-10(3)8-12-13(14(11)17)9-16(7-5-2)15(12)18/h4,8,17H,1,5-7,9H2,2-3H3. The van der Waals surface area contributed by atoms with Crippen LogP contribution in [0.4, 0.5) is 0 Å². The van der Waals surface area contributed by atoms with E-state index in [0.29, 0.717) is 18.5 Å². The van der Waals surface area contributed by atoms with Gasteiger partial charge in [-0.1, -0.05) is 13.0 Å². The average Bonchev–Trinajstić information content (AvgIpc) is 2.64. The lowest BCUT2D eigenvalue weighted by molar-refractivity contribution is 0.0778. The summed E-state index contributed by atoms with van der Waals surface area (Å²) in [5.74, 6) is 0.312. The molecule has 18 heavy (non-hydrogen) atoms. The van der Waals surface area contributed by atoms with Crippen LogP contribution in [0.3, 0.4) is 0 Å². The Kier molecular flexibility index (Phi) is 3.41. The van der Waals surface area contributed by atoms with Gasteiger partial charge >= 0.3 is 0 Å². The van der Waals surface area contributed by atoms with Gasteiger partial charge in [-0.3, -0.25) is 4.79 Å². The van der Waals surface area contributed by atoms with Gasteiger partial charge < -0.3 is 10.0 Å². The van der Waals surface area contributed by atoms with Gasteiger partial charge in [-0.2, -0.15) is 0 Å². The van der Waals surface area contributed by atoms with E-state index in [1.165, 1.54) is 0 Å². The topological polar surface area (TPSA) is 40.5 Å². The van der Waals surface area contributed by atoms with Crippen molar-refractivity contribution in [3.05, 3.63) is 41.0 Å². The Morgan fingerprint density at radius 3 is 2.89 bits per heavy atom. The number of carbonyl (C=O) groups excluding carboxylic acids is 1. The molecule has 96 valence electrons. The van der Waals surface area contributed by atoms with Gasteiger partial charge in [-0.05, 0) is 31.4 Å². The number of amides is 1. The van der Waals surface area contributed by atoms with Crippen LogP contribution in [0.1, 0.15) is 40.4 Å². The van der Waals surface area contributed by atoms with Crippen LogP contribution in [0.25, 0.3) is 0 Å². The van der Waals surface area contributed by atoms with E-state index < -0.39 is 0 Å². The lowest BCUT2D eigenvalue weighted by atomic mass is 9.97. The van der Waals surface area contributed by atoms with Crippen molar-refractivity contribution in [1.82, 2.24) is 4.90 Å². The summed E-state index contributed by atoms with van der Waals surface area (Å²) >= 11 is 0. The Bertz CT molecular complexity index is 506. The van der Waals surface area contributed by atoms with Crippen LogP contribution < -0.4 is 0 Å². The third-order valence-electron chi connectivity index (χ3n) is 3.44. The molecule has 0 spiro atoms. The molecule has 0 unspecified atom stereocenters. The number of benzene rings is 1. The molecule has 3 nitrogen and oxygen atoms in total. The van der Waals surface area contributed by atoms with Crippen LogP contribution in [-0.4, -0.2) is 22.5 Å². The minimum Gasteiger partial charge on any atom is -0.507 e. The third-order valence-corrected chi connectivity index (χ3v) is 3.44. The first-order chi connectivity index (χ1) is 8.60. The van der Waals surface area contributed by atoms with E-state index in [9.17, 15) is 9.90 Å². The molecule has 1 aliphatic heterocycles. The summed E-state index contributed by atoms with van der Waals surface area (Å²) in [6.45, 7) is 8.94. The minimum absolute atomic E-state index is 0.0374. The van der Waals surface area contributed by atoms with Crippen molar-refractivity contribution >= 4 is 5.91 Å². The van der Waals surface area contributed by atoms with E-state index in [-0.39, 0.29) is 11.7 Å². The van der Waals surface area contributed by atoms with Gasteiger partial charge in [0.2, 0.25) is 0 Å². The average molecular weight is 245 g/mol. The van der Waals surface area contributed by atoms with Crippen LogP contribution in [0.2, 0.25) is 0 Å². The van der Waals surface area contributed by atoms with Crippen LogP contribution in [-0.2, 0) is 13.0 Å². The molecule has 0 saturated heterocycles. The predicted octanol–water partition coefficient (Wildman–Crippen LogP) is 2.79. The van der Waals surface area contributed by atoms with E-state index in [4.69, 9.17) is 0 Å². The summed E-state index contributed by atoms with van der Waals surface area (Å²) in [7, 11) is 0. The number of hydrogen-bond donors (Lipinski definition) is 1. The third kappa shape index (κ3) is 1.90. The van der Waals surface area contributed by atoms with Crippen molar-refractivity contribution in [2.24, 2.45) is 0 Å². The number of hydrogen-bond acceptors (Lipinski definition) is 2. The molecular weight excluding hydrogens is 226 g/mol. The number of aromatic hydroxyl groups is 1. The Balaban J connectivity index is 2.47. The quantitative estimate of drug-likeness (QED) is 0.829. The van der Waals surface area contributed by atoms with Crippen molar-refractivity contribution in [3.8, 4) is 5.75 Å². The van der Waals surface area contributed by atoms with Crippen LogP contribution in [0.5, 0.6) is 5.75 Å². The molecule has 0 saturated carbocycles. The van der Waals surface area contributed by atoms with Crippen molar-refractivity contribution in [1.29, 1.82) is 0 Å². The monoisotopic (exact) mass is 245 g/mol. The fourth-order valence-electron chi connectivity index (χ4n) is 2.52. The lowest BCUT2D eigenvalue weighted by Crippen LogP contribution is -2.24. The Hall–Kier alpha value is -1.77. The fourth-order valence-corrected chi connectivity index (χ4v) is 2.52. The first-order valence-corrected chi connectivity index (χ1v) is 6.34. The number of nitrogens with zero attached hydrogens (tertiary/aromatic N) is 1. The van der Waals surface area contributed by atoms with Gasteiger partial charge in [-0.15, -0.1) is 6.58 Å². The Labute approximate surface area is 108 Å². The molecule has 1 N–H and O–H groups in total. The molecule has 3 heteroatoms. The van der Waals surface area contributed by atoms with Crippen molar-refractivity contribution in [2.75, 3.05) is 6.54 Å². The van der Waals surface area contributed by atoms with Crippen LogP contribution in [0, 0.1) is 6.92 Å². The highest BCUT2D eigenvalue weighted by atomic mass is 16.3. The maximum Gasteiger partial charge on any atom is 0.254 e. The van der Waals surface area contributed by atoms with Gasteiger partial charge in [0.15, 0.2) is 0 Å². The Morgan fingerprint density at radius 1 is 1.56 bits per heavy atom. The molecule has 1 heterocycles. The number of carbonyl (C=O) groups is 1. The van der Waals surface area contributed by atoms with Crippen molar-refractivity contribution in [2.45, 2.75) is 33.2 Å². The normalized spacial score (nSPS) is 13.9. The molecule has 0 aromatic heterocycles. The molecular formula is C15H19NO2. The minimum atomic E-state index is 0.0374. The van der Waals surface area contributed by atoms with Gasteiger partial charge in [0.1, 0.15) is 5.75 Å². The van der Waals surface area contributed by atoms with E-state index >= 15 is 0 Å². The highest BCUT2D eigenvalue weighted by Crippen LogP contribution is 2.35. The highest BCUT2D eigenvalue weighted by molar-refractivity contribution is 5.99. The zero-order valence-corrected chi connectivity index (χ0v) is 11.0. The maximum atomic E-state index is 12.2. The second-order valence-corrected chi connectivity index (χ2v) is 4.77. The predicted molar refractivity (Wildman–Crippen MR) is 71.8 cm³/mol. The molecule has 1 aliphatic rings. The lowest BCUT2D eigenvalue weighted by Gasteiger charge is -2.13. The molecule has 0 fully saturated rings. The molecule has 1 amide bonds. The zero-order valence-electron chi connectivity index (χ0n) is 11.0. The Morgan fingerprint density at radius 2 is 2.28 bits per heavy atom. The molecule has 1 aromatic carbocycles. The SMILES string of the molecule is C=CCc1c(C)cc2c(c1O)CN(CCC)C2=O. The smallest absolute Gasteiger partial charge is 0.254 e. The van der Waals surface area contributed by atoms with Crippen LogP contribution >= 0.6 is 0 Å². The highest BCUT2D eigenvalue weighted by Gasteiger charge is 2.30. The summed E-state index contributed by atoms with van der Waals surface area (Å²) in [5.41, 5.74) is 3.27. The van der Waals surface area contributed by atoms with Crippen LogP contribution in [0.15, 0.2) is 18.7 Å².